The van der Waals surface area contributed by atoms with Gasteiger partial charge in [0, 0.05) is 24.9 Å². The Hall–Kier alpha value is -3.70. The monoisotopic (exact) mass is 690 g/mol. The molecular weight excluding hydrogens is 653 g/mol. The molecule has 1 fully saturated rings. The number of carbonyl (C=O) groups excluding carboxylic acids is 4. The van der Waals surface area contributed by atoms with Crippen molar-refractivity contribution >= 4 is 56.3 Å². The first kappa shape index (κ1) is 35.2. The smallest absolute Gasteiger partial charge is 0.253 e. The number of nitrogens with one attached hydrogen (secondary N) is 4. The van der Waals surface area contributed by atoms with Gasteiger partial charge in [-0.15, -0.1) is 22.7 Å². The number of aryl methyl sites for hydroxylation is 1. The molecule has 3 aromatic rings. The number of sulfonamides is 1. The molecule has 1 aromatic carbocycles. The predicted molar refractivity (Wildman–Crippen MR) is 174 cm³/mol. The topological polar surface area (TPSA) is 187 Å². The van der Waals surface area contributed by atoms with Gasteiger partial charge in [-0.2, -0.15) is 4.31 Å². The van der Waals surface area contributed by atoms with Crippen LogP contribution in [0.2, 0.25) is 0 Å². The van der Waals surface area contributed by atoms with Crippen LogP contribution in [0.15, 0.2) is 52.1 Å². The quantitative estimate of drug-likeness (QED) is 0.243. The summed E-state index contributed by atoms with van der Waals surface area (Å²) in [6, 6.07) is 8.33. The number of thiophene rings is 1. The van der Waals surface area contributed by atoms with Crippen molar-refractivity contribution in [1.82, 2.24) is 30.6 Å². The lowest BCUT2D eigenvalue weighted by molar-refractivity contribution is -0.135. The molecule has 4 atom stereocenters. The van der Waals surface area contributed by atoms with Gasteiger partial charge in [0.25, 0.3) is 10.0 Å². The molecule has 2 aromatic heterocycles. The van der Waals surface area contributed by atoms with Gasteiger partial charge in [0.1, 0.15) is 22.3 Å². The van der Waals surface area contributed by atoms with Crippen LogP contribution in [-0.4, -0.2) is 90.3 Å². The Labute approximate surface area is 275 Å². The number of aliphatic hydroxyl groups is 1. The van der Waals surface area contributed by atoms with E-state index in [0.29, 0.717) is 10.6 Å². The third-order valence-corrected chi connectivity index (χ3v) is 11.5. The molecule has 0 spiro atoms. The first-order valence-corrected chi connectivity index (χ1v) is 17.8. The fraction of sp³-hybridized carbons (Fsp3) is 0.433. The van der Waals surface area contributed by atoms with Crippen LogP contribution in [0.3, 0.4) is 0 Å². The summed E-state index contributed by atoms with van der Waals surface area (Å²) in [5.41, 5.74) is 1.37. The number of benzene rings is 1. The molecule has 4 amide bonds. The van der Waals surface area contributed by atoms with E-state index in [1.165, 1.54) is 24.3 Å². The minimum absolute atomic E-state index is 0.0266. The molecule has 3 heterocycles. The summed E-state index contributed by atoms with van der Waals surface area (Å²) in [6.07, 6.45) is -1.25. The van der Waals surface area contributed by atoms with E-state index < -0.39 is 70.3 Å². The molecule has 5 N–H and O–H groups in total. The van der Waals surface area contributed by atoms with Crippen molar-refractivity contribution in [3.05, 3.63) is 58.4 Å². The molecule has 1 aliphatic rings. The Bertz CT molecular complexity index is 1660. The standard InChI is InChI=1S/C30H38N6O7S3/c1-17(2)26-30(41)33-21(14-20-8-6-5-7-9-20)28(39)35-27(18(3)37)29(40)31-12-13-36(15-24(38)34-26)46(42,43)25-11-10-23(45-25)22-16-44-19(4)32-22/h5-11,16-18,21,26-27,37H,12-15H2,1-4H3,(H,31,40)(H,33,41)(H,34,38)(H,35,39)/t18-,21+,26-,27+/m1/s1. The zero-order valence-electron chi connectivity index (χ0n) is 25.8. The van der Waals surface area contributed by atoms with Crippen LogP contribution in [-0.2, 0) is 35.6 Å². The summed E-state index contributed by atoms with van der Waals surface area (Å²) in [6.45, 7) is 5.42. The van der Waals surface area contributed by atoms with Crippen LogP contribution in [0.1, 0.15) is 31.3 Å². The number of nitrogens with zero attached hydrogens (tertiary/aromatic N) is 2. The number of hydrogen-bond acceptors (Lipinski definition) is 10. The fourth-order valence-electron chi connectivity index (χ4n) is 4.79. The van der Waals surface area contributed by atoms with E-state index in [0.717, 1.165) is 26.2 Å². The highest BCUT2D eigenvalue weighted by atomic mass is 32.2. The Kier molecular flexibility index (Phi) is 11.7. The number of amides is 4. The Morgan fingerprint density at radius 2 is 1.67 bits per heavy atom. The highest BCUT2D eigenvalue weighted by Gasteiger charge is 2.35. The summed E-state index contributed by atoms with van der Waals surface area (Å²) in [7, 11) is -4.24. The molecule has 0 radical (unpaired) electrons. The van der Waals surface area contributed by atoms with E-state index in [9.17, 15) is 32.7 Å². The van der Waals surface area contributed by atoms with Gasteiger partial charge in [-0.1, -0.05) is 44.2 Å². The van der Waals surface area contributed by atoms with Gasteiger partial charge < -0.3 is 26.4 Å². The van der Waals surface area contributed by atoms with E-state index >= 15 is 0 Å². The normalized spacial score (nSPS) is 21.8. The summed E-state index contributed by atoms with van der Waals surface area (Å²) >= 11 is 2.43. The second kappa shape index (κ2) is 15.3. The zero-order valence-corrected chi connectivity index (χ0v) is 28.3. The lowest BCUT2D eigenvalue weighted by atomic mass is 10.0. The van der Waals surface area contributed by atoms with E-state index in [1.807, 2.05) is 12.3 Å². The van der Waals surface area contributed by atoms with Crippen molar-refractivity contribution in [2.45, 2.75) is 62.6 Å². The van der Waals surface area contributed by atoms with Crippen molar-refractivity contribution in [2.24, 2.45) is 5.92 Å². The van der Waals surface area contributed by atoms with E-state index in [2.05, 4.69) is 26.3 Å². The summed E-state index contributed by atoms with van der Waals surface area (Å²) < 4.78 is 28.5. The minimum Gasteiger partial charge on any atom is -0.391 e. The maximum atomic E-state index is 13.8. The van der Waals surface area contributed by atoms with E-state index in [1.54, 1.807) is 50.2 Å². The van der Waals surface area contributed by atoms with Crippen molar-refractivity contribution in [3.63, 3.8) is 0 Å². The van der Waals surface area contributed by atoms with Crippen LogP contribution in [0.5, 0.6) is 0 Å². The molecule has 0 aliphatic carbocycles. The largest absolute Gasteiger partial charge is 0.391 e. The van der Waals surface area contributed by atoms with Crippen LogP contribution in [0, 0.1) is 12.8 Å². The molecule has 46 heavy (non-hydrogen) atoms. The third kappa shape index (κ3) is 8.76. The number of thiazole rings is 1. The van der Waals surface area contributed by atoms with Gasteiger partial charge in [0.15, 0.2) is 0 Å². The van der Waals surface area contributed by atoms with Gasteiger partial charge in [0.2, 0.25) is 23.6 Å². The highest BCUT2D eigenvalue weighted by Crippen LogP contribution is 2.32. The summed E-state index contributed by atoms with van der Waals surface area (Å²) in [5.74, 6) is -3.31. The maximum Gasteiger partial charge on any atom is 0.253 e. The van der Waals surface area contributed by atoms with Crippen molar-refractivity contribution in [3.8, 4) is 10.6 Å². The average molecular weight is 691 g/mol. The molecule has 1 aliphatic heterocycles. The first-order valence-electron chi connectivity index (χ1n) is 14.7. The molecule has 0 unspecified atom stereocenters. The average Bonchev–Trinajstić information content (AvgIpc) is 3.67. The van der Waals surface area contributed by atoms with Crippen LogP contribution in [0.25, 0.3) is 10.6 Å². The lowest BCUT2D eigenvalue weighted by Crippen LogP contribution is -2.60. The number of aromatic nitrogens is 1. The number of hydrogen-bond donors (Lipinski definition) is 5. The fourth-order valence-corrected chi connectivity index (χ4v) is 8.30. The first-order chi connectivity index (χ1) is 21.8. The van der Waals surface area contributed by atoms with Gasteiger partial charge in [-0.3, -0.25) is 19.2 Å². The van der Waals surface area contributed by atoms with Crippen LogP contribution in [0.4, 0.5) is 0 Å². The van der Waals surface area contributed by atoms with Gasteiger partial charge in [-0.25, -0.2) is 13.4 Å². The Morgan fingerprint density at radius 3 is 2.30 bits per heavy atom. The second-order valence-corrected chi connectivity index (χ2v) is 15.6. The zero-order chi connectivity index (χ0) is 33.6. The Morgan fingerprint density at radius 1 is 0.957 bits per heavy atom. The van der Waals surface area contributed by atoms with Crippen molar-refractivity contribution in [2.75, 3.05) is 19.6 Å². The van der Waals surface area contributed by atoms with E-state index in [4.69, 9.17) is 0 Å². The molecule has 248 valence electrons. The minimum atomic E-state index is -4.24. The Balaban J connectivity index is 1.65. The molecule has 16 heteroatoms. The molecule has 1 saturated heterocycles. The molecule has 4 rings (SSSR count). The molecular formula is C30H38N6O7S3. The molecule has 0 saturated carbocycles. The number of rotatable bonds is 7. The van der Waals surface area contributed by atoms with E-state index in [-0.39, 0.29) is 23.7 Å². The molecule has 13 nitrogen and oxygen atoms in total. The van der Waals surface area contributed by atoms with Crippen LogP contribution >= 0.6 is 22.7 Å². The third-order valence-electron chi connectivity index (χ3n) is 7.27. The SMILES string of the molecule is Cc1nc(-c2ccc(S(=O)(=O)N3CCNC(=O)[C@H]([C@@H](C)O)NC(=O)[C@H](Cc4ccccc4)NC(=O)[C@@H](C(C)C)NC(=O)C3)s2)cs1. The van der Waals surface area contributed by atoms with Gasteiger partial charge >= 0.3 is 0 Å². The van der Waals surface area contributed by atoms with Gasteiger partial charge in [0.05, 0.1) is 28.2 Å². The van der Waals surface area contributed by atoms with Gasteiger partial charge in [-0.05, 0) is 37.5 Å². The predicted octanol–water partition coefficient (Wildman–Crippen LogP) is 1.03. The molecule has 0 bridgehead atoms. The summed E-state index contributed by atoms with van der Waals surface area (Å²) in [5, 5.41) is 23.5. The number of carbonyl (C=O) groups is 4. The van der Waals surface area contributed by atoms with Crippen LogP contribution < -0.4 is 21.3 Å². The maximum absolute atomic E-state index is 13.8. The van der Waals surface area contributed by atoms with Crippen molar-refractivity contribution < 1.29 is 32.7 Å². The second-order valence-electron chi connectivity index (χ2n) is 11.3. The summed E-state index contributed by atoms with van der Waals surface area (Å²) in [4.78, 5) is 58.5. The van der Waals surface area contributed by atoms with Crippen molar-refractivity contribution in [1.29, 1.82) is 0 Å². The highest BCUT2D eigenvalue weighted by molar-refractivity contribution is 7.91. The number of aliphatic hydroxyl groups excluding tert-OH is 1. The lowest BCUT2D eigenvalue weighted by Gasteiger charge is -2.27.